The molecule has 1 amide bonds. The summed E-state index contributed by atoms with van der Waals surface area (Å²) in [6.45, 7) is -0.0794. The number of ether oxygens (including phenoxy) is 1. The molecule has 3 rings (SSSR count). The fourth-order valence-electron chi connectivity index (χ4n) is 2.62. The summed E-state index contributed by atoms with van der Waals surface area (Å²) in [6.07, 6.45) is 0.0111. The molecule has 1 unspecified atom stereocenters. The van der Waals surface area contributed by atoms with Crippen molar-refractivity contribution in [1.29, 1.82) is 0 Å². The van der Waals surface area contributed by atoms with E-state index in [1.54, 1.807) is 18.2 Å². The molecule has 2 aromatic rings. The van der Waals surface area contributed by atoms with Crippen molar-refractivity contribution in [3.8, 4) is 5.75 Å². The molecule has 1 aliphatic rings. The number of halogens is 2. The predicted molar refractivity (Wildman–Crippen MR) is 96.3 cm³/mol. The summed E-state index contributed by atoms with van der Waals surface area (Å²) >= 11 is 5.93. The Morgan fingerprint density at radius 3 is 2.81 bits per heavy atom. The number of rotatable bonds is 4. The normalized spacial score (nSPS) is 16.6. The molecule has 2 aromatic carbocycles. The Morgan fingerprint density at radius 1 is 1.35 bits per heavy atom. The van der Waals surface area contributed by atoms with Gasteiger partial charge in [0.05, 0.1) is 18.5 Å². The second kappa shape index (κ2) is 7.13. The van der Waals surface area contributed by atoms with Crippen LogP contribution in [-0.2, 0) is 21.4 Å². The second-order valence-corrected chi connectivity index (χ2v) is 8.20. The Morgan fingerprint density at radius 2 is 2.12 bits per heavy atom. The Bertz CT molecular complexity index is 952. The van der Waals surface area contributed by atoms with Gasteiger partial charge in [0.25, 0.3) is 5.91 Å². The fourth-order valence-corrected chi connectivity index (χ4v) is 3.70. The molecule has 1 aliphatic heterocycles. The molecule has 0 aromatic heterocycles. The molecule has 26 heavy (non-hydrogen) atoms. The number of nitrogens with one attached hydrogen (secondary N) is 1. The quantitative estimate of drug-likeness (QED) is 0.857. The summed E-state index contributed by atoms with van der Waals surface area (Å²) in [7, 11) is -3.63. The zero-order valence-corrected chi connectivity index (χ0v) is 15.3. The lowest BCUT2D eigenvalue weighted by atomic mass is 10.2. The van der Waals surface area contributed by atoms with Gasteiger partial charge in [-0.1, -0.05) is 23.7 Å². The Kier molecular flexibility index (Phi) is 5.06. The van der Waals surface area contributed by atoms with Crippen LogP contribution >= 0.6 is 11.6 Å². The summed E-state index contributed by atoms with van der Waals surface area (Å²) in [6, 6.07) is 10.4. The fraction of sp³-hybridized carbons (Fsp3) is 0.235. The van der Waals surface area contributed by atoms with E-state index in [-0.39, 0.29) is 24.5 Å². The van der Waals surface area contributed by atoms with Crippen LogP contribution in [0.2, 0.25) is 5.02 Å². The van der Waals surface area contributed by atoms with E-state index < -0.39 is 27.9 Å². The lowest BCUT2D eigenvalue weighted by Crippen LogP contribution is -2.50. The van der Waals surface area contributed by atoms with E-state index in [9.17, 15) is 17.6 Å². The zero-order valence-electron chi connectivity index (χ0n) is 13.8. The SMILES string of the molecule is CS(=O)(=O)N1CC(C(=O)NCc2cccc(F)c2)Oc2ccc(Cl)cc21. The van der Waals surface area contributed by atoms with Crippen molar-refractivity contribution >= 4 is 33.2 Å². The van der Waals surface area contributed by atoms with Gasteiger partial charge in [-0.15, -0.1) is 0 Å². The van der Waals surface area contributed by atoms with Gasteiger partial charge in [-0.3, -0.25) is 9.10 Å². The number of amides is 1. The van der Waals surface area contributed by atoms with Crippen LogP contribution in [0.25, 0.3) is 0 Å². The minimum Gasteiger partial charge on any atom is -0.476 e. The van der Waals surface area contributed by atoms with Gasteiger partial charge in [0, 0.05) is 11.6 Å². The molecular formula is C17H16ClFN2O4S. The van der Waals surface area contributed by atoms with Crippen LogP contribution < -0.4 is 14.4 Å². The number of hydrogen-bond donors (Lipinski definition) is 1. The molecule has 138 valence electrons. The van der Waals surface area contributed by atoms with Gasteiger partial charge >= 0.3 is 0 Å². The van der Waals surface area contributed by atoms with Crippen molar-refractivity contribution in [2.75, 3.05) is 17.1 Å². The van der Waals surface area contributed by atoms with Gasteiger partial charge in [0.15, 0.2) is 6.10 Å². The number of sulfonamides is 1. The minimum absolute atomic E-state index is 0.100. The monoisotopic (exact) mass is 398 g/mol. The van der Waals surface area contributed by atoms with Crippen LogP contribution in [0.1, 0.15) is 5.56 Å². The lowest BCUT2D eigenvalue weighted by Gasteiger charge is -2.34. The first-order valence-electron chi connectivity index (χ1n) is 7.70. The van der Waals surface area contributed by atoms with Crippen molar-refractivity contribution in [3.05, 3.63) is 58.9 Å². The second-order valence-electron chi connectivity index (χ2n) is 5.86. The predicted octanol–water partition coefficient (Wildman–Crippen LogP) is 2.32. The number of anilines is 1. The Balaban J connectivity index is 1.78. The van der Waals surface area contributed by atoms with E-state index in [0.29, 0.717) is 10.6 Å². The lowest BCUT2D eigenvalue weighted by molar-refractivity contribution is -0.127. The summed E-state index contributed by atoms with van der Waals surface area (Å²) in [5, 5.41) is 2.99. The average molecular weight is 399 g/mol. The molecule has 0 fully saturated rings. The molecular weight excluding hydrogens is 383 g/mol. The smallest absolute Gasteiger partial charge is 0.263 e. The van der Waals surface area contributed by atoms with Crippen LogP contribution in [-0.4, -0.2) is 33.2 Å². The van der Waals surface area contributed by atoms with Crippen molar-refractivity contribution in [3.63, 3.8) is 0 Å². The highest BCUT2D eigenvalue weighted by Crippen LogP contribution is 2.37. The first kappa shape index (κ1) is 18.5. The van der Waals surface area contributed by atoms with Crippen molar-refractivity contribution in [2.24, 2.45) is 0 Å². The molecule has 0 bridgehead atoms. The number of hydrogen-bond acceptors (Lipinski definition) is 4. The summed E-state index contributed by atoms with van der Waals surface area (Å²) in [5.74, 6) is -0.653. The van der Waals surface area contributed by atoms with E-state index in [1.165, 1.54) is 24.3 Å². The maximum absolute atomic E-state index is 13.2. The van der Waals surface area contributed by atoms with Crippen molar-refractivity contribution < 1.29 is 22.3 Å². The Labute approximate surface area is 155 Å². The molecule has 1 atom stereocenters. The summed E-state index contributed by atoms with van der Waals surface area (Å²) in [4.78, 5) is 12.4. The van der Waals surface area contributed by atoms with Crippen molar-refractivity contribution in [1.82, 2.24) is 5.32 Å². The molecule has 9 heteroatoms. The molecule has 0 radical (unpaired) electrons. The number of carbonyl (C=O) groups excluding carboxylic acids is 1. The summed E-state index contributed by atoms with van der Waals surface area (Å²) in [5.41, 5.74) is 0.871. The van der Waals surface area contributed by atoms with E-state index in [4.69, 9.17) is 16.3 Å². The number of benzene rings is 2. The molecule has 1 N–H and O–H groups in total. The molecule has 6 nitrogen and oxygen atoms in total. The van der Waals surface area contributed by atoms with Gasteiger partial charge in [0.2, 0.25) is 10.0 Å². The highest BCUT2D eigenvalue weighted by molar-refractivity contribution is 7.92. The van der Waals surface area contributed by atoms with E-state index in [1.807, 2.05) is 0 Å². The summed E-state index contributed by atoms with van der Waals surface area (Å²) < 4.78 is 44.1. The number of nitrogens with zero attached hydrogens (tertiary/aromatic N) is 1. The first-order chi connectivity index (χ1) is 12.2. The highest BCUT2D eigenvalue weighted by Gasteiger charge is 2.35. The van der Waals surface area contributed by atoms with Crippen LogP contribution in [0.5, 0.6) is 5.75 Å². The average Bonchev–Trinajstić information content (AvgIpc) is 2.58. The third-order valence-electron chi connectivity index (χ3n) is 3.84. The standard InChI is InChI=1S/C17H16ClFN2O4S/c1-26(23,24)21-10-16(25-15-6-5-12(18)8-14(15)21)17(22)20-9-11-3-2-4-13(19)7-11/h2-8,16H,9-10H2,1H3,(H,20,22). The molecule has 0 aliphatic carbocycles. The largest absolute Gasteiger partial charge is 0.476 e. The maximum Gasteiger partial charge on any atom is 0.263 e. The van der Waals surface area contributed by atoms with Gasteiger partial charge in [-0.2, -0.15) is 0 Å². The number of fused-ring (bicyclic) bond motifs is 1. The van der Waals surface area contributed by atoms with Gasteiger partial charge < -0.3 is 10.1 Å². The molecule has 0 spiro atoms. The van der Waals surface area contributed by atoms with Crippen LogP contribution in [0.15, 0.2) is 42.5 Å². The van der Waals surface area contributed by atoms with E-state index >= 15 is 0 Å². The zero-order chi connectivity index (χ0) is 18.9. The molecule has 0 saturated carbocycles. The van der Waals surface area contributed by atoms with Crippen molar-refractivity contribution in [2.45, 2.75) is 12.6 Å². The molecule has 0 saturated heterocycles. The molecule has 1 heterocycles. The minimum atomic E-state index is -3.63. The van der Waals surface area contributed by atoms with Crippen LogP contribution in [0.3, 0.4) is 0 Å². The van der Waals surface area contributed by atoms with Gasteiger partial charge in [-0.25, -0.2) is 12.8 Å². The van der Waals surface area contributed by atoms with Crippen LogP contribution in [0.4, 0.5) is 10.1 Å². The Hall–Kier alpha value is -2.32. The first-order valence-corrected chi connectivity index (χ1v) is 9.93. The maximum atomic E-state index is 13.2. The number of carbonyl (C=O) groups is 1. The van der Waals surface area contributed by atoms with Crippen LogP contribution in [0, 0.1) is 5.82 Å². The van der Waals surface area contributed by atoms with Gasteiger partial charge in [0.1, 0.15) is 11.6 Å². The van der Waals surface area contributed by atoms with Gasteiger partial charge in [-0.05, 0) is 35.9 Å². The third-order valence-corrected chi connectivity index (χ3v) is 5.22. The van der Waals surface area contributed by atoms with E-state index in [0.717, 1.165) is 10.6 Å². The van der Waals surface area contributed by atoms with E-state index in [2.05, 4.69) is 5.32 Å². The highest BCUT2D eigenvalue weighted by atomic mass is 35.5. The third kappa shape index (κ3) is 4.08. The topological polar surface area (TPSA) is 75.7 Å².